The Labute approximate surface area is 73.4 Å². The van der Waals surface area contributed by atoms with Gasteiger partial charge in [0.2, 0.25) is 0 Å². The first-order chi connectivity index (χ1) is 6.15. The zero-order valence-electron chi connectivity index (χ0n) is 6.69. The van der Waals surface area contributed by atoms with Gasteiger partial charge in [0.05, 0.1) is 30.7 Å². The van der Waals surface area contributed by atoms with Gasteiger partial charge in [-0.15, -0.1) is 0 Å². The predicted molar refractivity (Wildman–Crippen MR) is 41.0 cm³/mol. The monoisotopic (exact) mass is 189 g/mol. The van der Waals surface area contributed by atoms with Gasteiger partial charge in [0.15, 0.2) is 0 Å². The van der Waals surface area contributed by atoms with Crippen molar-refractivity contribution in [2.24, 2.45) is 5.73 Å². The highest BCUT2D eigenvalue weighted by molar-refractivity contribution is 5.06. The topological polar surface area (TPSA) is 72.0 Å². The third-order valence-electron chi connectivity index (χ3n) is 1.49. The normalized spacial score (nSPS) is 13.3. The van der Waals surface area contributed by atoms with Crippen LogP contribution in [-0.4, -0.2) is 21.7 Å². The highest BCUT2D eigenvalue weighted by Gasteiger charge is 2.11. The van der Waals surface area contributed by atoms with Crippen LogP contribution in [0.2, 0.25) is 0 Å². The van der Waals surface area contributed by atoms with Crippen LogP contribution in [0.15, 0.2) is 12.4 Å². The molecule has 1 aromatic rings. The number of rotatable bonds is 3. The fourth-order valence-corrected chi connectivity index (χ4v) is 0.746. The van der Waals surface area contributed by atoms with Crippen molar-refractivity contribution in [1.29, 1.82) is 0 Å². The molecule has 1 heterocycles. The Bertz CT molecular complexity index is 265. The zero-order chi connectivity index (χ0) is 9.84. The standard InChI is InChI=1S/C7H9F2N3O/c8-7(9)6-2-11-5(1-12-6)4(10)3-13/h1-2,4,7,13H,3,10H2. The van der Waals surface area contributed by atoms with E-state index in [1.54, 1.807) is 0 Å². The van der Waals surface area contributed by atoms with E-state index >= 15 is 0 Å². The van der Waals surface area contributed by atoms with Gasteiger partial charge < -0.3 is 10.8 Å². The molecule has 3 N–H and O–H groups in total. The first-order valence-electron chi connectivity index (χ1n) is 3.61. The van der Waals surface area contributed by atoms with E-state index in [9.17, 15) is 8.78 Å². The fraction of sp³-hybridized carbons (Fsp3) is 0.429. The number of aromatic nitrogens is 2. The molecule has 0 aliphatic rings. The van der Waals surface area contributed by atoms with Crippen LogP contribution >= 0.6 is 0 Å². The average molecular weight is 189 g/mol. The Morgan fingerprint density at radius 2 is 1.85 bits per heavy atom. The van der Waals surface area contributed by atoms with Crippen LogP contribution in [0.1, 0.15) is 23.9 Å². The van der Waals surface area contributed by atoms with Crippen LogP contribution < -0.4 is 5.73 Å². The maximum absolute atomic E-state index is 12.0. The summed E-state index contributed by atoms with van der Waals surface area (Å²) in [5.41, 5.74) is 5.28. The number of nitrogens with two attached hydrogens (primary N) is 1. The summed E-state index contributed by atoms with van der Waals surface area (Å²) in [5, 5.41) is 8.63. The van der Waals surface area contributed by atoms with Crippen LogP contribution in [0.4, 0.5) is 8.78 Å². The van der Waals surface area contributed by atoms with E-state index in [-0.39, 0.29) is 6.61 Å². The van der Waals surface area contributed by atoms with Gasteiger partial charge in [-0.25, -0.2) is 8.78 Å². The number of aliphatic hydroxyl groups excluding tert-OH is 1. The molecule has 6 heteroatoms. The number of aliphatic hydroxyl groups is 1. The van der Waals surface area contributed by atoms with E-state index in [2.05, 4.69) is 9.97 Å². The third-order valence-corrected chi connectivity index (χ3v) is 1.49. The Balaban J connectivity index is 2.81. The lowest BCUT2D eigenvalue weighted by Gasteiger charge is -2.06. The van der Waals surface area contributed by atoms with Crippen molar-refractivity contribution in [2.45, 2.75) is 12.5 Å². The number of nitrogens with zero attached hydrogens (tertiary/aromatic N) is 2. The molecule has 0 fully saturated rings. The molecule has 0 aromatic carbocycles. The molecule has 0 radical (unpaired) electrons. The van der Waals surface area contributed by atoms with Crippen molar-refractivity contribution in [2.75, 3.05) is 6.61 Å². The van der Waals surface area contributed by atoms with E-state index in [1.165, 1.54) is 0 Å². The van der Waals surface area contributed by atoms with Crippen LogP contribution in [0, 0.1) is 0 Å². The summed E-state index contributed by atoms with van der Waals surface area (Å²) in [7, 11) is 0. The quantitative estimate of drug-likeness (QED) is 0.722. The molecular formula is C7H9F2N3O. The summed E-state index contributed by atoms with van der Waals surface area (Å²) in [6, 6.07) is -0.667. The van der Waals surface area contributed by atoms with E-state index in [0.29, 0.717) is 5.69 Å². The van der Waals surface area contributed by atoms with Crippen LogP contribution in [0.25, 0.3) is 0 Å². The Morgan fingerprint density at radius 3 is 2.23 bits per heavy atom. The average Bonchev–Trinajstić information content (AvgIpc) is 2.17. The second-order valence-electron chi connectivity index (χ2n) is 2.46. The van der Waals surface area contributed by atoms with E-state index in [0.717, 1.165) is 12.4 Å². The Hall–Kier alpha value is -1.14. The number of halogens is 2. The summed E-state index contributed by atoms with van der Waals surface area (Å²) in [5.74, 6) is 0. The molecular weight excluding hydrogens is 180 g/mol. The van der Waals surface area contributed by atoms with Gasteiger partial charge >= 0.3 is 0 Å². The van der Waals surface area contributed by atoms with Crippen molar-refractivity contribution >= 4 is 0 Å². The Morgan fingerprint density at radius 1 is 1.31 bits per heavy atom. The summed E-state index contributed by atoms with van der Waals surface area (Å²) in [6.45, 7) is -0.289. The van der Waals surface area contributed by atoms with Gasteiger partial charge in [-0.3, -0.25) is 9.97 Å². The molecule has 72 valence electrons. The molecule has 4 nitrogen and oxygen atoms in total. The first kappa shape index (κ1) is 9.94. The summed E-state index contributed by atoms with van der Waals surface area (Å²) < 4.78 is 24.0. The summed E-state index contributed by atoms with van der Waals surface area (Å²) >= 11 is 0. The molecule has 13 heavy (non-hydrogen) atoms. The molecule has 0 spiro atoms. The molecule has 0 aliphatic heterocycles. The SMILES string of the molecule is NC(CO)c1cnc(C(F)F)cn1. The smallest absolute Gasteiger partial charge is 0.281 e. The second kappa shape index (κ2) is 4.20. The van der Waals surface area contributed by atoms with Crippen molar-refractivity contribution < 1.29 is 13.9 Å². The van der Waals surface area contributed by atoms with Crippen LogP contribution in [-0.2, 0) is 0 Å². The maximum Gasteiger partial charge on any atom is 0.281 e. The fourth-order valence-electron chi connectivity index (χ4n) is 0.746. The van der Waals surface area contributed by atoms with Crippen molar-refractivity contribution in [3.05, 3.63) is 23.8 Å². The molecule has 1 rings (SSSR count). The van der Waals surface area contributed by atoms with Crippen LogP contribution in [0.3, 0.4) is 0 Å². The zero-order valence-corrected chi connectivity index (χ0v) is 6.69. The Kier molecular flexibility index (Phi) is 3.21. The molecule has 1 atom stereocenters. The highest BCUT2D eigenvalue weighted by Crippen LogP contribution is 2.15. The number of hydrogen-bond donors (Lipinski definition) is 2. The maximum atomic E-state index is 12.0. The molecule has 0 saturated heterocycles. The minimum absolute atomic E-state index is 0.289. The lowest BCUT2D eigenvalue weighted by molar-refractivity contribution is 0.145. The van der Waals surface area contributed by atoms with Gasteiger partial charge in [-0.1, -0.05) is 0 Å². The summed E-state index contributed by atoms with van der Waals surface area (Å²) in [6.07, 6.45) is -0.537. The van der Waals surface area contributed by atoms with Gasteiger partial charge in [-0.05, 0) is 0 Å². The largest absolute Gasteiger partial charge is 0.394 e. The van der Waals surface area contributed by atoms with Gasteiger partial charge in [0, 0.05) is 0 Å². The molecule has 1 aromatic heterocycles. The molecule has 0 amide bonds. The molecule has 0 saturated carbocycles. The lowest BCUT2D eigenvalue weighted by Crippen LogP contribution is -2.16. The van der Waals surface area contributed by atoms with E-state index in [4.69, 9.17) is 10.8 Å². The third kappa shape index (κ3) is 2.40. The van der Waals surface area contributed by atoms with Crippen molar-refractivity contribution in [3.8, 4) is 0 Å². The molecule has 0 bridgehead atoms. The first-order valence-corrected chi connectivity index (χ1v) is 3.61. The minimum Gasteiger partial charge on any atom is -0.394 e. The van der Waals surface area contributed by atoms with Crippen molar-refractivity contribution in [1.82, 2.24) is 9.97 Å². The molecule has 0 aliphatic carbocycles. The second-order valence-corrected chi connectivity index (χ2v) is 2.46. The van der Waals surface area contributed by atoms with Gasteiger partial charge in [-0.2, -0.15) is 0 Å². The number of hydrogen-bond acceptors (Lipinski definition) is 4. The minimum atomic E-state index is -2.63. The summed E-state index contributed by atoms with van der Waals surface area (Å²) in [4.78, 5) is 7.09. The lowest BCUT2D eigenvalue weighted by atomic mass is 10.2. The predicted octanol–water partition coefficient (Wildman–Crippen LogP) is 0.406. The number of alkyl halides is 2. The van der Waals surface area contributed by atoms with Gasteiger partial charge in [0.25, 0.3) is 6.43 Å². The molecule has 1 unspecified atom stereocenters. The van der Waals surface area contributed by atoms with Gasteiger partial charge in [0.1, 0.15) is 5.69 Å². The van der Waals surface area contributed by atoms with E-state index in [1.807, 2.05) is 0 Å². The van der Waals surface area contributed by atoms with E-state index < -0.39 is 18.2 Å². The highest BCUT2D eigenvalue weighted by atomic mass is 19.3. The van der Waals surface area contributed by atoms with Crippen molar-refractivity contribution in [3.63, 3.8) is 0 Å². The van der Waals surface area contributed by atoms with Crippen LogP contribution in [0.5, 0.6) is 0 Å².